The van der Waals surface area contributed by atoms with Crippen molar-refractivity contribution in [3.63, 3.8) is 0 Å². The van der Waals surface area contributed by atoms with Crippen molar-refractivity contribution >= 4 is 6.09 Å². The number of aromatic nitrogens is 1. The average Bonchev–Trinajstić information content (AvgIpc) is 3.15. The van der Waals surface area contributed by atoms with Gasteiger partial charge < -0.3 is 9.30 Å². The van der Waals surface area contributed by atoms with Crippen molar-refractivity contribution in [1.29, 1.82) is 5.26 Å². The van der Waals surface area contributed by atoms with Crippen LogP contribution in [-0.2, 0) is 11.3 Å². The number of rotatable bonds is 1. The van der Waals surface area contributed by atoms with Crippen LogP contribution in [0.1, 0.15) is 57.0 Å². The molecule has 21 heavy (non-hydrogen) atoms. The van der Waals surface area contributed by atoms with E-state index >= 15 is 0 Å². The number of nitrogens with zero attached hydrogens (tertiary/aromatic N) is 3. The third kappa shape index (κ3) is 2.63. The number of hydrogen-bond acceptors (Lipinski definition) is 3. The van der Waals surface area contributed by atoms with Gasteiger partial charge in [0.25, 0.3) is 0 Å². The molecule has 0 N–H and O–H groups in total. The molecule has 3 rings (SSSR count). The minimum Gasteiger partial charge on any atom is -0.444 e. The Hall–Kier alpha value is -1.96. The van der Waals surface area contributed by atoms with Gasteiger partial charge in [0.1, 0.15) is 5.60 Å². The fraction of sp³-hybridized carbons (Fsp3) is 0.625. The van der Waals surface area contributed by atoms with E-state index < -0.39 is 17.7 Å². The third-order valence-corrected chi connectivity index (χ3v) is 3.95. The Labute approximate surface area is 125 Å². The fourth-order valence-corrected chi connectivity index (χ4v) is 2.88. The van der Waals surface area contributed by atoms with E-state index in [1.807, 2.05) is 26.8 Å². The van der Waals surface area contributed by atoms with E-state index in [9.17, 15) is 10.1 Å². The van der Waals surface area contributed by atoms with Crippen LogP contribution >= 0.6 is 0 Å². The number of nitriles is 1. The van der Waals surface area contributed by atoms with Crippen LogP contribution in [0.25, 0.3) is 0 Å². The number of carbonyl (C=O) groups is 1. The highest BCUT2D eigenvalue weighted by atomic mass is 16.6. The highest BCUT2D eigenvalue weighted by molar-refractivity contribution is 5.69. The van der Waals surface area contributed by atoms with Crippen molar-refractivity contribution < 1.29 is 9.53 Å². The highest BCUT2D eigenvalue weighted by Gasteiger charge is 2.37. The van der Waals surface area contributed by atoms with Crippen molar-refractivity contribution in [2.45, 2.75) is 57.7 Å². The summed E-state index contributed by atoms with van der Waals surface area (Å²) in [6.07, 6.45) is 2.06. The second-order valence-corrected chi connectivity index (χ2v) is 6.81. The minimum absolute atomic E-state index is 0.408. The lowest BCUT2D eigenvalue weighted by Crippen LogP contribution is -2.44. The molecule has 1 aromatic rings. The first kappa shape index (κ1) is 14.0. The van der Waals surface area contributed by atoms with Crippen LogP contribution in [0.4, 0.5) is 4.79 Å². The molecule has 1 aliphatic heterocycles. The zero-order valence-corrected chi connectivity index (χ0v) is 12.8. The summed E-state index contributed by atoms with van der Waals surface area (Å²) in [7, 11) is 0. The van der Waals surface area contributed by atoms with Gasteiger partial charge in [0.15, 0.2) is 6.04 Å². The maximum Gasteiger partial charge on any atom is 0.411 e. The molecule has 5 nitrogen and oxygen atoms in total. The molecule has 1 amide bonds. The summed E-state index contributed by atoms with van der Waals surface area (Å²) in [5.41, 5.74) is 1.68. The Morgan fingerprint density at radius 1 is 1.29 bits per heavy atom. The number of hydrogen-bond donors (Lipinski definition) is 0. The van der Waals surface area contributed by atoms with E-state index in [2.05, 4.69) is 16.7 Å². The number of carbonyl (C=O) groups excluding carboxylic acids is 1. The molecule has 5 heteroatoms. The number of ether oxygens (including phenoxy) is 1. The highest BCUT2D eigenvalue weighted by Crippen LogP contribution is 2.42. The Kier molecular flexibility index (Phi) is 3.20. The van der Waals surface area contributed by atoms with E-state index in [1.165, 1.54) is 23.4 Å². The van der Waals surface area contributed by atoms with Crippen LogP contribution in [0.3, 0.4) is 0 Å². The first-order valence-corrected chi connectivity index (χ1v) is 7.49. The van der Waals surface area contributed by atoms with E-state index in [1.54, 1.807) is 0 Å². The summed E-state index contributed by atoms with van der Waals surface area (Å²) in [5, 5.41) is 9.51. The van der Waals surface area contributed by atoms with Crippen molar-refractivity contribution in [2.24, 2.45) is 0 Å². The van der Waals surface area contributed by atoms with Gasteiger partial charge in [-0.1, -0.05) is 0 Å². The maximum atomic E-state index is 12.3. The minimum atomic E-state index is -0.555. The van der Waals surface area contributed by atoms with Crippen LogP contribution < -0.4 is 0 Å². The van der Waals surface area contributed by atoms with Gasteiger partial charge in [-0.05, 0) is 51.7 Å². The molecular weight excluding hydrogens is 266 g/mol. The van der Waals surface area contributed by atoms with E-state index in [4.69, 9.17) is 4.74 Å². The molecular formula is C16H21N3O2. The maximum absolute atomic E-state index is 12.3. The summed E-state index contributed by atoms with van der Waals surface area (Å²) in [6.45, 7) is 6.78. The van der Waals surface area contributed by atoms with Crippen molar-refractivity contribution in [3.8, 4) is 6.07 Å². The zero-order valence-electron chi connectivity index (χ0n) is 12.8. The van der Waals surface area contributed by atoms with Crippen molar-refractivity contribution in [3.05, 3.63) is 23.5 Å². The van der Waals surface area contributed by atoms with Gasteiger partial charge in [-0.15, -0.1) is 0 Å². The smallest absolute Gasteiger partial charge is 0.411 e. The number of fused-ring (bicyclic) bond motifs is 1. The van der Waals surface area contributed by atoms with Gasteiger partial charge in [0.2, 0.25) is 0 Å². The van der Waals surface area contributed by atoms with Gasteiger partial charge in [-0.2, -0.15) is 5.26 Å². The van der Waals surface area contributed by atoms with Crippen LogP contribution in [0.2, 0.25) is 0 Å². The molecule has 1 aliphatic carbocycles. The lowest BCUT2D eigenvalue weighted by Gasteiger charge is -2.35. The Balaban J connectivity index is 1.85. The van der Waals surface area contributed by atoms with Gasteiger partial charge in [0, 0.05) is 18.8 Å². The van der Waals surface area contributed by atoms with Crippen LogP contribution in [0, 0.1) is 11.3 Å². The molecule has 1 fully saturated rings. The first-order chi connectivity index (χ1) is 9.90. The Morgan fingerprint density at radius 2 is 1.95 bits per heavy atom. The van der Waals surface area contributed by atoms with Gasteiger partial charge in [-0.3, -0.25) is 4.90 Å². The van der Waals surface area contributed by atoms with E-state index in [-0.39, 0.29) is 0 Å². The van der Waals surface area contributed by atoms with Gasteiger partial charge in [0.05, 0.1) is 11.8 Å². The van der Waals surface area contributed by atoms with Crippen molar-refractivity contribution in [2.75, 3.05) is 6.54 Å². The number of amides is 1. The first-order valence-electron chi connectivity index (χ1n) is 7.49. The molecule has 2 aliphatic rings. The summed E-state index contributed by atoms with van der Waals surface area (Å²) >= 11 is 0. The third-order valence-electron chi connectivity index (χ3n) is 3.95. The Bertz CT molecular complexity index is 602. The van der Waals surface area contributed by atoms with E-state index in [0.29, 0.717) is 12.5 Å². The summed E-state index contributed by atoms with van der Waals surface area (Å²) in [4.78, 5) is 13.8. The van der Waals surface area contributed by atoms with Crippen LogP contribution in [0.15, 0.2) is 12.1 Å². The average molecular weight is 287 g/mol. The summed E-state index contributed by atoms with van der Waals surface area (Å²) < 4.78 is 7.63. The van der Waals surface area contributed by atoms with Crippen LogP contribution in [-0.4, -0.2) is 27.7 Å². The lowest BCUT2D eigenvalue weighted by molar-refractivity contribution is 0.0160. The quantitative estimate of drug-likeness (QED) is 0.797. The van der Waals surface area contributed by atoms with E-state index in [0.717, 1.165) is 12.2 Å². The summed E-state index contributed by atoms with van der Waals surface area (Å²) in [6, 6.07) is 5.79. The van der Waals surface area contributed by atoms with Crippen molar-refractivity contribution in [1.82, 2.24) is 9.47 Å². The molecule has 0 radical (unpaired) electrons. The van der Waals surface area contributed by atoms with Crippen LogP contribution in [0.5, 0.6) is 0 Å². The Morgan fingerprint density at radius 3 is 2.52 bits per heavy atom. The lowest BCUT2D eigenvalue weighted by atomic mass is 10.1. The molecule has 0 spiro atoms. The standard InChI is InChI=1S/C16H21N3O2/c1-16(2,3)21-15(20)19-9-8-18-12(11-4-5-11)6-7-13(18)14(19)10-17/h6-7,11,14H,4-5,8-9H2,1-3H3. The SMILES string of the molecule is CC(C)(C)OC(=O)N1CCn2c(C3CC3)ccc2C1C#N. The molecule has 1 atom stereocenters. The predicted molar refractivity (Wildman–Crippen MR) is 77.7 cm³/mol. The second kappa shape index (κ2) is 4.80. The second-order valence-electron chi connectivity index (χ2n) is 6.81. The molecule has 0 aromatic carbocycles. The molecule has 1 unspecified atom stereocenters. The molecule has 2 heterocycles. The van der Waals surface area contributed by atoms with Gasteiger partial charge >= 0.3 is 6.09 Å². The summed E-state index contributed by atoms with van der Waals surface area (Å²) in [5.74, 6) is 0.645. The van der Waals surface area contributed by atoms with Gasteiger partial charge in [-0.25, -0.2) is 4.79 Å². The largest absolute Gasteiger partial charge is 0.444 e. The molecule has 1 aromatic heterocycles. The zero-order chi connectivity index (χ0) is 15.2. The predicted octanol–water partition coefficient (Wildman–Crippen LogP) is 3.18. The molecule has 0 bridgehead atoms. The normalized spacial score (nSPS) is 21.6. The molecule has 0 saturated heterocycles. The molecule has 1 saturated carbocycles. The molecule has 112 valence electrons. The monoisotopic (exact) mass is 287 g/mol. The topological polar surface area (TPSA) is 58.3 Å². The fourth-order valence-electron chi connectivity index (χ4n) is 2.88.